The number of carbonyl (C=O) groups is 3. The summed E-state index contributed by atoms with van der Waals surface area (Å²) in [5.41, 5.74) is 6.33. The van der Waals surface area contributed by atoms with Crippen molar-refractivity contribution in [2.75, 3.05) is 0 Å². The molecule has 0 aliphatic heterocycles. The van der Waals surface area contributed by atoms with E-state index in [0.717, 1.165) is 0 Å². The van der Waals surface area contributed by atoms with Crippen molar-refractivity contribution in [1.29, 1.82) is 0 Å². The third-order valence-electron chi connectivity index (χ3n) is 4.43. The molecule has 0 heterocycles. The highest BCUT2D eigenvalue weighted by Gasteiger charge is 2.31. The summed E-state index contributed by atoms with van der Waals surface area (Å²) < 4.78 is 0. The van der Waals surface area contributed by atoms with Crippen molar-refractivity contribution in [2.24, 2.45) is 11.7 Å². The molecule has 2 aromatic carbocycles. The van der Waals surface area contributed by atoms with Gasteiger partial charge in [-0.3, -0.25) is 14.4 Å². The van der Waals surface area contributed by atoms with E-state index in [4.69, 9.17) is 5.73 Å². The number of carbonyl (C=O) groups excluding carboxylic acids is 3. The number of amides is 3. The summed E-state index contributed by atoms with van der Waals surface area (Å²) in [6.45, 7) is 3.79. The number of hydrogen-bond acceptors (Lipinski definition) is 4. The maximum Gasteiger partial charge on any atom is 0.252 e. The maximum atomic E-state index is 12.7. The molecule has 0 aliphatic rings. The number of nitrogens with one attached hydrogen (secondary N) is 2. The number of primary amides is 1. The van der Waals surface area contributed by atoms with Gasteiger partial charge in [0.2, 0.25) is 5.91 Å². The summed E-state index contributed by atoms with van der Waals surface area (Å²) in [7, 11) is 0. The second-order valence-corrected chi connectivity index (χ2v) is 7.27. The van der Waals surface area contributed by atoms with Gasteiger partial charge in [-0.1, -0.05) is 62.4 Å². The van der Waals surface area contributed by atoms with E-state index in [2.05, 4.69) is 10.6 Å². The average molecular weight is 397 g/mol. The molecule has 0 spiro atoms. The zero-order chi connectivity index (χ0) is 21.4. The number of hydrogen-bond donors (Lipinski definition) is 4. The van der Waals surface area contributed by atoms with E-state index in [9.17, 15) is 19.5 Å². The largest absolute Gasteiger partial charge is 0.381 e. The number of aliphatic hydroxyl groups is 1. The Morgan fingerprint density at radius 3 is 2.00 bits per heavy atom. The van der Waals surface area contributed by atoms with Crippen LogP contribution in [-0.4, -0.2) is 35.0 Å². The summed E-state index contributed by atoms with van der Waals surface area (Å²) in [6.07, 6.45) is -1.26. The Balaban J connectivity index is 2.22. The van der Waals surface area contributed by atoms with Crippen LogP contribution >= 0.6 is 0 Å². The van der Waals surface area contributed by atoms with Crippen LogP contribution in [0.5, 0.6) is 0 Å². The molecule has 7 nitrogen and oxygen atoms in total. The minimum absolute atomic E-state index is 0.118. The van der Waals surface area contributed by atoms with E-state index in [-0.39, 0.29) is 5.92 Å². The molecular formula is C22H27N3O4. The van der Waals surface area contributed by atoms with Gasteiger partial charge in [-0.15, -0.1) is 0 Å². The smallest absolute Gasteiger partial charge is 0.252 e. The van der Waals surface area contributed by atoms with E-state index >= 15 is 0 Å². The summed E-state index contributed by atoms with van der Waals surface area (Å²) in [4.78, 5) is 36.9. The van der Waals surface area contributed by atoms with Crippen molar-refractivity contribution in [3.8, 4) is 0 Å². The monoisotopic (exact) mass is 397 g/mol. The summed E-state index contributed by atoms with van der Waals surface area (Å²) in [6, 6.07) is 15.3. The van der Waals surface area contributed by atoms with Crippen LogP contribution in [0.25, 0.3) is 0 Å². The number of rotatable bonds is 9. The standard InChI is InChI=1S/C22H27N3O4/c1-14(2)13-17(20(23)27)24-22(29)19(26)18(15-9-5-3-6-10-15)25-21(28)16-11-7-4-8-12-16/h3-12,14,17-19,26H,13H2,1-2H3,(H2,23,27)(H,24,29)(H,25,28)/t17-,18-,19+/m0/s1. The van der Waals surface area contributed by atoms with Crippen molar-refractivity contribution >= 4 is 17.7 Å². The number of nitrogens with two attached hydrogens (primary N) is 1. The average Bonchev–Trinajstić information content (AvgIpc) is 2.71. The summed E-state index contributed by atoms with van der Waals surface area (Å²) >= 11 is 0. The van der Waals surface area contributed by atoms with Crippen LogP contribution < -0.4 is 16.4 Å². The number of benzene rings is 2. The molecule has 2 aromatic rings. The summed E-state index contributed by atoms with van der Waals surface area (Å²) in [5, 5.41) is 15.9. The second-order valence-electron chi connectivity index (χ2n) is 7.27. The Hall–Kier alpha value is -3.19. The molecule has 29 heavy (non-hydrogen) atoms. The lowest BCUT2D eigenvalue weighted by Gasteiger charge is -2.26. The zero-order valence-corrected chi connectivity index (χ0v) is 16.5. The lowest BCUT2D eigenvalue weighted by Crippen LogP contribution is -2.52. The van der Waals surface area contributed by atoms with Gasteiger partial charge in [-0.25, -0.2) is 0 Å². The highest BCUT2D eigenvalue weighted by Crippen LogP contribution is 2.19. The van der Waals surface area contributed by atoms with Crippen LogP contribution in [0.15, 0.2) is 60.7 Å². The van der Waals surface area contributed by atoms with Crippen LogP contribution in [0.4, 0.5) is 0 Å². The SMILES string of the molecule is CC(C)C[C@H](NC(=O)[C@H](O)[C@@H](NC(=O)c1ccccc1)c1ccccc1)C(N)=O. The predicted molar refractivity (Wildman–Crippen MR) is 110 cm³/mol. The van der Waals surface area contributed by atoms with E-state index < -0.39 is 35.9 Å². The lowest BCUT2D eigenvalue weighted by molar-refractivity contribution is -0.134. The minimum atomic E-state index is -1.61. The van der Waals surface area contributed by atoms with Gasteiger partial charge in [-0.2, -0.15) is 0 Å². The highest BCUT2D eigenvalue weighted by atomic mass is 16.3. The fourth-order valence-electron chi connectivity index (χ4n) is 2.95. The van der Waals surface area contributed by atoms with Gasteiger partial charge < -0.3 is 21.5 Å². The fourth-order valence-corrected chi connectivity index (χ4v) is 2.95. The van der Waals surface area contributed by atoms with E-state index in [0.29, 0.717) is 17.5 Å². The molecule has 0 saturated carbocycles. The Morgan fingerprint density at radius 2 is 1.48 bits per heavy atom. The first-order valence-electron chi connectivity index (χ1n) is 9.48. The molecule has 5 N–H and O–H groups in total. The molecule has 0 aromatic heterocycles. The second kappa shape index (κ2) is 10.4. The fraction of sp³-hybridized carbons (Fsp3) is 0.318. The summed E-state index contributed by atoms with van der Waals surface area (Å²) in [5.74, 6) is -1.77. The van der Waals surface area contributed by atoms with Gasteiger partial charge in [0.25, 0.3) is 11.8 Å². The molecule has 0 saturated heterocycles. The third-order valence-corrected chi connectivity index (χ3v) is 4.43. The molecular weight excluding hydrogens is 370 g/mol. The van der Waals surface area contributed by atoms with Gasteiger partial charge in [0.05, 0.1) is 6.04 Å². The van der Waals surface area contributed by atoms with Crippen molar-refractivity contribution in [1.82, 2.24) is 10.6 Å². The Morgan fingerprint density at radius 1 is 0.931 bits per heavy atom. The molecule has 3 amide bonds. The first-order chi connectivity index (χ1) is 13.8. The minimum Gasteiger partial charge on any atom is -0.381 e. The highest BCUT2D eigenvalue weighted by molar-refractivity contribution is 5.95. The predicted octanol–water partition coefficient (Wildman–Crippen LogP) is 1.53. The Kier molecular flexibility index (Phi) is 7.91. The quantitative estimate of drug-likeness (QED) is 0.513. The number of aliphatic hydroxyl groups excluding tert-OH is 1. The van der Waals surface area contributed by atoms with E-state index in [1.165, 1.54) is 0 Å². The van der Waals surface area contributed by atoms with Crippen LogP contribution in [-0.2, 0) is 9.59 Å². The van der Waals surface area contributed by atoms with Crippen molar-refractivity contribution < 1.29 is 19.5 Å². The molecule has 0 aliphatic carbocycles. The molecule has 0 fully saturated rings. The first kappa shape index (κ1) is 22.1. The zero-order valence-electron chi connectivity index (χ0n) is 16.5. The third kappa shape index (κ3) is 6.43. The van der Waals surface area contributed by atoms with Gasteiger partial charge in [0.15, 0.2) is 6.10 Å². The maximum absolute atomic E-state index is 12.7. The van der Waals surface area contributed by atoms with Crippen LogP contribution in [0.2, 0.25) is 0 Å². The first-order valence-corrected chi connectivity index (χ1v) is 9.48. The molecule has 154 valence electrons. The molecule has 0 unspecified atom stereocenters. The van der Waals surface area contributed by atoms with Crippen molar-refractivity contribution in [2.45, 2.75) is 38.5 Å². The van der Waals surface area contributed by atoms with Gasteiger partial charge in [-0.05, 0) is 30.0 Å². The van der Waals surface area contributed by atoms with Crippen LogP contribution in [0.1, 0.15) is 42.2 Å². The molecule has 7 heteroatoms. The van der Waals surface area contributed by atoms with E-state index in [1.807, 2.05) is 13.8 Å². The Labute approximate surface area is 170 Å². The molecule has 0 bridgehead atoms. The van der Waals surface area contributed by atoms with Crippen LogP contribution in [0.3, 0.4) is 0 Å². The van der Waals surface area contributed by atoms with Crippen molar-refractivity contribution in [3.63, 3.8) is 0 Å². The van der Waals surface area contributed by atoms with Crippen LogP contribution in [0, 0.1) is 5.92 Å². The van der Waals surface area contributed by atoms with Gasteiger partial charge >= 0.3 is 0 Å². The topological polar surface area (TPSA) is 122 Å². The normalized spacial score (nSPS) is 13.9. The lowest BCUT2D eigenvalue weighted by atomic mass is 9.98. The molecule has 3 atom stereocenters. The van der Waals surface area contributed by atoms with Gasteiger partial charge in [0, 0.05) is 5.56 Å². The Bertz CT molecular complexity index is 824. The van der Waals surface area contributed by atoms with Gasteiger partial charge in [0.1, 0.15) is 6.04 Å². The molecule has 0 radical (unpaired) electrons. The van der Waals surface area contributed by atoms with Crippen molar-refractivity contribution in [3.05, 3.63) is 71.8 Å². The van der Waals surface area contributed by atoms with E-state index in [1.54, 1.807) is 60.7 Å². The molecule has 2 rings (SSSR count).